The molecule has 2 aromatic rings. The molecule has 0 aliphatic carbocycles. The van der Waals surface area contributed by atoms with Crippen LogP contribution in [0.5, 0.6) is 5.75 Å². The summed E-state index contributed by atoms with van der Waals surface area (Å²) in [5.41, 5.74) is 1.84. The summed E-state index contributed by atoms with van der Waals surface area (Å²) in [5, 5.41) is 28.5. The van der Waals surface area contributed by atoms with E-state index in [2.05, 4.69) is 19.1 Å². The maximum Gasteiger partial charge on any atom is 0.339 e. The van der Waals surface area contributed by atoms with Crippen LogP contribution in [0.15, 0.2) is 48.5 Å². The number of carbonyl (C=O) groups excluding carboxylic acids is 2. The van der Waals surface area contributed by atoms with Gasteiger partial charge in [-0.1, -0.05) is 48.0 Å². The van der Waals surface area contributed by atoms with Gasteiger partial charge in [0.2, 0.25) is 12.2 Å². The van der Waals surface area contributed by atoms with E-state index in [1.807, 2.05) is 18.2 Å². The number of para-hydroxylation sites is 1. The van der Waals surface area contributed by atoms with Gasteiger partial charge in [-0.2, -0.15) is 0 Å². The number of aromatic hydroxyl groups is 1. The molecule has 0 saturated heterocycles. The first kappa shape index (κ1) is 22.7. The number of isocyanates is 2. The molecule has 126 valence electrons. The van der Waals surface area contributed by atoms with Gasteiger partial charge in [0.25, 0.3) is 0 Å². The van der Waals surface area contributed by atoms with Crippen molar-refractivity contribution in [3.05, 3.63) is 65.2 Å². The van der Waals surface area contributed by atoms with E-state index in [0.717, 1.165) is 12.2 Å². The Bertz CT molecular complexity index is 675. The minimum atomic E-state index is -1.11. The highest BCUT2D eigenvalue weighted by Gasteiger charge is 2.09. The number of rotatable bonds is 1. The van der Waals surface area contributed by atoms with Crippen LogP contribution in [-0.4, -0.2) is 28.3 Å². The number of hydrogen-bond acceptors (Lipinski definition) is 6. The molecular weight excluding hydrogens is 312 g/mol. The van der Waals surface area contributed by atoms with Crippen LogP contribution < -0.4 is 0 Å². The Morgan fingerprint density at radius 2 is 1.38 bits per heavy atom. The van der Waals surface area contributed by atoms with Gasteiger partial charge >= 0.3 is 5.97 Å². The van der Waals surface area contributed by atoms with Gasteiger partial charge in [0.1, 0.15) is 11.3 Å². The van der Waals surface area contributed by atoms with E-state index in [9.17, 15) is 9.90 Å². The smallest absolute Gasteiger partial charge is 0.339 e. The first-order valence-corrected chi connectivity index (χ1v) is 6.46. The van der Waals surface area contributed by atoms with E-state index in [1.165, 1.54) is 11.6 Å². The number of benzene rings is 2. The predicted molar refractivity (Wildman–Crippen MR) is 87.8 cm³/mol. The van der Waals surface area contributed by atoms with Crippen LogP contribution in [0.2, 0.25) is 0 Å². The molecule has 0 aromatic heterocycles. The fourth-order valence-corrected chi connectivity index (χ4v) is 1.37. The molecule has 4 N–H and O–H groups in total. The van der Waals surface area contributed by atoms with Crippen LogP contribution in [0, 0.1) is 24.7 Å². The molecule has 0 heterocycles. The van der Waals surface area contributed by atoms with Gasteiger partial charge in [-0.15, -0.1) is 0 Å². The second kappa shape index (κ2) is 14.4. The van der Waals surface area contributed by atoms with Crippen LogP contribution in [-0.2, 0) is 9.59 Å². The van der Waals surface area contributed by atoms with Crippen molar-refractivity contribution in [2.45, 2.75) is 13.8 Å². The van der Waals surface area contributed by atoms with Gasteiger partial charge in [-0.05, 0) is 25.5 Å². The van der Waals surface area contributed by atoms with Crippen molar-refractivity contribution in [3.63, 3.8) is 0 Å². The van der Waals surface area contributed by atoms with Gasteiger partial charge in [-0.3, -0.25) is 0 Å². The lowest BCUT2D eigenvalue weighted by molar-refractivity contribution is 0.0693. The zero-order chi connectivity index (χ0) is 19.0. The zero-order valence-corrected chi connectivity index (χ0v) is 13.2. The highest BCUT2D eigenvalue weighted by Crippen LogP contribution is 2.20. The van der Waals surface area contributed by atoms with E-state index in [-0.39, 0.29) is 11.3 Å². The van der Waals surface area contributed by atoms with Crippen LogP contribution in [0.25, 0.3) is 0 Å². The maximum absolute atomic E-state index is 10.4. The SMILES string of the molecule is Cc1cccc(C(=O)O)c1O.Cc1ccccc1.N=C=O.N=C=O. The highest BCUT2D eigenvalue weighted by atomic mass is 16.4. The molecule has 7 heteroatoms. The molecule has 7 nitrogen and oxygen atoms in total. The third-order valence-electron chi connectivity index (χ3n) is 2.41. The van der Waals surface area contributed by atoms with Crippen LogP contribution in [0.3, 0.4) is 0 Å². The van der Waals surface area contributed by atoms with Crippen molar-refractivity contribution in [1.29, 1.82) is 10.8 Å². The minimum Gasteiger partial charge on any atom is -0.507 e. The highest BCUT2D eigenvalue weighted by molar-refractivity contribution is 5.91. The Hall–Kier alpha value is -3.53. The largest absolute Gasteiger partial charge is 0.507 e. The lowest BCUT2D eigenvalue weighted by Gasteiger charge is -2.00. The number of carbonyl (C=O) groups is 1. The molecular formula is C17H18N2O5. The topological polar surface area (TPSA) is 139 Å². The van der Waals surface area contributed by atoms with E-state index in [0.29, 0.717) is 5.56 Å². The number of aryl methyl sites for hydroxylation is 2. The van der Waals surface area contributed by atoms with Gasteiger partial charge in [0.15, 0.2) is 0 Å². The second-order valence-corrected chi connectivity index (χ2v) is 4.14. The molecule has 24 heavy (non-hydrogen) atoms. The molecule has 2 aromatic carbocycles. The lowest BCUT2D eigenvalue weighted by Crippen LogP contribution is -1.96. The summed E-state index contributed by atoms with van der Waals surface area (Å²) in [6, 6.07) is 14.9. The number of carboxylic acid groups (broad SMARTS) is 1. The predicted octanol–water partition coefficient (Wildman–Crippen LogP) is 3.20. The Morgan fingerprint density at radius 1 is 0.917 bits per heavy atom. The summed E-state index contributed by atoms with van der Waals surface area (Å²) in [4.78, 5) is 27.1. The molecule has 0 saturated carbocycles. The molecule has 0 aliphatic heterocycles. The Labute approximate surface area is 139 Å². The molecule has 0 fully saturated rings. The summed E-state index contributed by atoms with van der Waals surface area (Å²) in [7, 11) is 0. The van der Waals surface area contributed by atoms with Crippen molar-refractivity contribution in [1.82, 2.24) is 0 Å². The first-order chi connectivity index (χ1) is 11.3. The van der Waals surface area contributed by atoms with Crippen LogP contribution >= 0.6 is 0 Å². The quantitative estimate of drug-likeness (QED) is 0.469. The van der Waals surface area contributed by atoms with Crippen molar-refractivity contribution in [2.24, 2.45) is 0 Å². The standard InChI is InChI=1S/C8H8O3.C7H8.2CHNO/c1-5-3-2-4-6(7(5)9)8(10)11;1-7-5-3-2-4-6-7;2*2-1-3/h2-4,9H,1H3,(H,10,11);2-6H,1H3;2*2H. The summed E-state index contributed by atoms with van der Waals surface area (Å²) in [6.45, 7) is 3.74. The normalized spacial score (nSPS) is 7.58. The number of carboxylic acids is 1. The van der Waals surface area contributed by atoms with Gasteiger partial charge in [0.05, 0.1) is 0 Å². The summed E-state index contributed by atoms with van der Waals surface area (Å²) >= 11 is 0. The maximum atomic E-state index is 10.4. The Balaban J connectivity index is 0. The van der Waals surface area contributed by atoms with Crippen molar-refractivity contribution >= 4 is 18.1 Å². The number of phenols is 1. The van der Waals surface area contributed by atoms with Crippen LogP contribution in [0.1, 0.15) is 21.5 Å². The van der Waals surface area contributed by atoms with Crippen molar-refractivity contribution in [3.8, 4) is 5.75 Å². The monoisotopic (exact) mass is 330 g/mol. The van der Waals surface area contributed by atoms with E-state index in [4.69, 9.17) is 25.5 Å². The van der Waals surface area contributed by atoms with E-state index >= 15 is 0 Å². The Morgan fingerprint density at radius 3 is 1.67 bits per heavy atom. The molecule has 0 radical (unpaired) electrons. The van der Waals surface area contributed by atoms with Crippen molar-refractivity contribution in [2.75, 3.05) is 0 Å². The van der Waals surface area contributed by atoms with E-state index in [1.54, 1.807) is 19.1 Å². The van der Waals surface area contributed by atoms with Gasteiger partial charge < -0.3 is 10.2 Å². The average molecular weight is 330 g/mol. The molecule has 0 aliphatic rings. The fourth-order valence-electron chi connectivity index (χ4n) is 1.37. The van der Waals surface area contributed by atoms with Crippen LogP contribution in [0.4, 0.5) is 0 Å². The average Bonchev–Trinajstić information content (AvgIpc) is 2.53. The van der Waals surface area contributed by atoms with Crippen molar-refractivity contribution < 1.29 is 24.6 Å². The van der Waals surface area contributed by atoms with Gasteiger partial charge in [-0.25, -0.2) is 25.2 Å². The third kappa shape index (κ3) is 11.2. The minimum absolute atomic E-state index is 0.0509. The molecule has 0 spiro atoms. The molecule has 0 unspecified atom stereocenters. The third-order valence-corrected chi connectivity index (χ3v) is 2.41. The number of hydrogen-bond donors (Lipinski definition) is 4. The molecule has 0 bridgehead atoms. The Kier molecular flexibility index (Phi) is 13.7. The molecule has 2 rings (SSSR count). The number of aromatic carboxylic acids is 1. The second-order valence-electron chi connectivity index (χ2n) is 4.14. The fraction of sp³-hybridized carbons (Fsp3) is 0.118. The number of nitrogens with one attached hydrogen (secondary N) is 2. The lowest BCUT2D eigenvalue weighted by atomic mass is 10.1. The van der Waals surface area contributed by atoms with E-state index < -0.39 is 5.97 Å². The van der Waals surface area contributed by atoms with Gasteiger partial charge in [0, 0.05) is 0 Å². The first-order valence-electron chi connectivity index (χ1n) is 6.46. The summed E-state index contributed by atoms with van der Waals surface area (Å²) in [5.74, 6) is -1.26. The molecule has 0 atom stereocenters. The zero-order valence-electron chi connectivity index (χ0n) is 13.2. The summed E-state index contributed by atoms with van der Waals surface area (Å²) in [6.07, 6.45) is 1.50. The molecule has 0 amide bonds. The summed E-state index contributed by atoms with van der Waals surface area (Å²) < 4.78 is 0.